The van der Waals surface area contributed by atoms with E-state index in [-0.39, 0.29) is 30.3 Å². The third-order valence-corrected chi connectivity index (χ3v) is 3.12. The van der Waals surface area contributed by atoms with Crippen LogP contribution < -0.4 is 0 Å². The van der Waals surface area contributed by atoms with Crippen LogP contribution in [-0.4, -0.2) is 29.6 Å². The lowest BCUT2D eigenvalue weighted by molar-refractivity contribution is -0.143. The maximum absolute atomic E-state index is 10.8. The van der Waals surface area contributed by atoms with E-state index >= 15 is 0 Å². The summed E-state index contributed by atoms with van der Waals surface area (Å²) in [5.74, 6) is -0.707. The largest absolute Gasteiger partial charge is 0.481 e. The summed E-state index contributed by atoms with van der Waals surface area (Å²) in [6, 6.07) is 0. The molecule has 0 aromatic heterocycles. The minimum Gasteiger partial charge on any atom is -0.481 e. The fourth-order valence-electron chi connectivity index (χ4n) is 2.49. The molecule has 1 N–H and O–H groups in total. The van der Waals surface area contributed by atoms with Crippen molar-refractivity contribution in [2.24, 2.45) is 11.8 Å². The first kappa shape index (κ1) is 6.86. The molecule has 4 heteroatoms. The van der Waals surface area contributed by atoms with Crippen LogP contribution in [0.4, 0.5) is 0 Å². The van der Waals surface area contributed by atoms with Crippen molar-refractivity contribution in [2.75, 3.05) is 0 Å². The van der Waals surface area contributed by atoms with Gasteiger partial charge in [0.2, 0.25) is 0 Å². The zero-order valence-corrected chi connectivity index (χ0v) is 6.47. The topological polar surface area (TPSA) is 59.1 Å². The van der Waals surface area contributed by atoms with Gasteiger partial charge in [-0.05, 0) is 12.8 Å². The lowest BCUT2D eigenvalue weighted by atomic mass is 9.93. The van der Waals surface area contributed by atoms with Crippen LogP contribution in [0.1, 0.15) is 12.8 Å². The smallest absolute Gasteiger partial charge is 0.306 e. The molecule has 2 aliphatic heterocycles. The van der Waals surface area contributed by atoms with E-state index in [0.717, 1.165) is 6.42 Å². The van der Waals surface area contributed by atoms with Gasteiger partial charge in [0.15, 0.2) is 6.29 Å². The molecule has 0 aromatic carbocycles. The van der Waals surface area contributed by atoms with Crippen molar-refractivity contribution >= 4 is 5.97 Å². The molecule has 0 amide bonds. The fraction of sp³-hybridized carbons (Fsp3) is 0.875. The summed E-state index contributed by atoms with van der Waals surface area (Å²) in [6.07, 6.45) is 1.71. The highest BCUT2D eigenvalue weighted by Crippen LogP contribution is 2.50. The molecule has 5 atom stereocenters. The zero-order valence-electron chi connectivity index (χ0n) is 6.47. The van der Waals surface area contributed by atoms with Crippen molar-refractivity contribution in [3.8, 4) is 0 Å². The average molecular weight is 170 g/mol. The van der Waals surface area contributed by atoms with Crippen LogP contribution in [0.2, 0.25) is 0 Å². The maximum atomic E-state index is 10.8. The molecule has 3 fully saturated rings. The molecule has 0 aromatic rings. The number of rotatable bonds is 1. The Hall–Kier alpha value is -0.610. The van der Waals surface area contributed by atoms with Crippen LogP contribution in [0.25, 0.3) is 0 Å². The monoisotopic (exact) mass is 170 g/mol. The van der Waals surface area contributed by atoms with Crippen LogP contribution in [0, 0.1) is 11.8 Å². The van der Waals surface area contributed by atoms with Crippen LogP contribution in [0.3, 0.4) is 0 Å². The molecular formula is C8H10O4. The van der Waals surface area contributed by atoms with E-state index in [1.165, 1.54) is 0 Å². The molecule has 0 radical (unpaired) electrons. The zero-order chi connectivity index (χ0) is 8.29. The van der Waals surface area contributed by atoms with Crippen molar-refractivity contribution in [2.45, 2.75) is 31.3 Å². The molecule has 2 saturated heterocycles. The lowest BCUT2D eigenvalue weighted by Crippen LogP contribution is -2.25. The van der Waals surface area contributed by atoms with Crippen molar-refractivity contribution in [1.29, 1.82) is 0 Å². The second kappa shape index (κ2) is 2.00. The average Bonchev–Trinajstić information content (AvgIpc) is 2.67. The van der Waals surface area contributed by atoms with E-state index in [4.69, 9.17) is 14.6 Å². The Balaban J connectivity index is 1.86. The van der Waals surface area contributed by atoms with Gasteiger partial charge in [0.25, 0.3) is 0 Å². The Labute approximate surface area is 69.5 Å². The van der Waals surface area contributed by atoms with Gasteiger partial charge in [-0.1, -0.05) is 0 Å². The molecule has 0 spiro atoms. The molecular weight excluding hydrogens is 160 g/mol. The predicted molar refractivity (Wildman–Crippen MR) is 37.4 cm³/mol. The number of carbonyl (C=O) groups is 1. The number of carboxylic acid groups (broad SMARTS) is 1. The molecule has 3 rings (SSSR count). The number of aliphatic carboxylic acids is 1. The molecule has 3 aliphatic rings. The number of hydrogen-bond acceptors (Lipinski definition) is 3. The van der Waals surface area contributed by atoms with Crippen LogP contribution >= 0.6 is 0 Å². The van der Waals surface area contributed by atoms with Crippen LogP contribution in [-0.2, 0) is 14.3 Å². The molecule has 2 heterocycles. The molecule has 66 valence electrons. The first-order chi connectivity index (χ1) is 5.75. The van der Waals surface area contributed by atoms with Gasteiger partial charge in [-0.25, -0.2) is 0 Å². The Kier molecular flexibility index (Phi) is 1.14. The van der Waals surface area contributed by atoms with E-state index < -0.39 is 5.97 Å². The van der Waals surface area contributed by atoms with E-state index in [0.29, 0.717) is 6.42 Å². The lowest BCUT2D eigenvalue weighted by Gasteiger charge is -2.15. The van der Waals surface area contributed by atoms with Crippen LogP contribution in [0.15, 0.2) is 0 Å². The minimum absolute atomic E-state index is 0.0712. The SMILES string of the molecule is O=C(O)C1CC2CC1C1OC1O2. The standard InChI is InChI=1S/C8H10O4/c9-7(10)5-2-3-1-4(5)6-8(11-3)12-6/h3-6,8H,1-2H2,(H,9,10). The number of carboxylic acids is 1. The Bertz CT molecular complexity index is 239. The van der Waals surface area contributed by atoms with Gasteiger partial charge in [-0.15, -0.1) is 0 Å². The van der Waals surface area contributed by atoms with E-state index in [1.54, 1.807) is 0 Å². The number of hydrogen-bond donors (Lipinski definition) is 1. The highest BCUT2D eigenvalue weighted by Gasteiger charge is 2.59. The quantitative estimate of drug-likeness (QED) is 0.572. The summed E-state index contributed by atoms with van der Waals surface area (Å²) in [4.78, 5) is 10.8. The fourth-order valence-corrected chi connectivity index (χ4v) is 2.49. The third-order valence-electron chi connectivity index (χ3n) is 3.12. The second-order valence-electron chi connectivity index (χ2n) is 3.81. The van der Waals surface area contributed by atoms with Crippen molar-refractivity contribution in [3.05, 3.63) is 0 Å². The van der Waals surface area contributed by atoms with Crippen molar-refractivity contribution in [3.63, 3.8) is 0 Å². The first-order valence-electron chi connectivity index (χ1n) is 4.29. The van der Waals surface area contributed by atoms with Gasteiger partial charge in [-0.2, -0.15) is 0 Å². The molecule has 1 saturated carbocycles. The summed E-state index contributed by atoms with van der Waals surface area (Å²) in [5.41, 5.74) is 0. The summed E-state index contributed by atoms with van der Waals surface area (Å²) in [7, 11) is 0. The van der Waals surface area contributed by atoms with Crippen LogP contribution in [0.5, 0.6) is 0 Å². The van der Waals surface area contributed by atoms with Gasteiger partial charge in [0.1, 0.15) is 6.10 Å². The molecule has 2 bridgehead atoms. The third kappa shape index (κ3) is 0.765. The summed E-state index contributed by atoms with van der Waals surface area (Å²) >= 11 is 0. The van der Waals surface area contributed by atoms with Crippen molar-refractivity contribution in [1.82, 2.24) is 0 Å². The van der Waals surface area contributed by atoms with Gasteiger partial charge >= 0.3 is 5.97 Å². The Morgan fingerprint density at radius 1 is 1.33 bits per heavy atom. The maximum Gasteiger partial charge on any atom is 0.306 e. The van der Waals surface area contributed by atoms with Gasteiger partial charge in [-0.3, -0.25) is 4.79 Å². The minimum atomic E-state index is -0.692. The Morgan fingerprint density at radius 2 is 2.17 bits per heavy atom. The number of ether oxygens (including phenoxy) is 2. The van der Waals surface area contributed by atoms with E-state index in [1.807, 2.05) is 0 Å². The van der Waals surface area contributed by atoms with E-state index in [9.17, 15) is 4.79 Å². The molecule has 1 aliphatic carbocycles. The van der Waals surface area contributed by atoms with Crippen molar-refractivity contribution < 1.29 is 19.4 Å². The number of fused-ring (bicyclic) bond motifs is 4. The highest BCUT2D eigenvalue weighted by molar-refractivity contribution is 5.71. The summed E-state index contributed by atoms with van der Waals surface area (Å²) in [6.45, 7) is 0. The predicted octanol–water partition coefficient (Wildman–Crippen LogP) is 0.221. The van der Waals surface area contributed by atoms with Gasteiger partial charge in [0, 0.05) is 5.92 Å². The summed E-state index contributed by atoms with van der Waals surface area (Å²) in [5, 5.41) is 8.89. The summed E-state index contributed by atoms with van der Waals surface area (Å²) < 4.78 is 10.7. The van der Waals surface area contributed by atoms with Gasteiger partial charge < -0.3 is 14.6 Å². The Morgan fingerprint density at radius 3 is 2.92 bits per heavy atom. The normalized spacial score (nSPS) is 54.8. The number of epoxide rings is 1. The molecule has 4 nitrogen and oxygen atoms in total. The van der Waals surface area contributed by atoms with E-state index in [2.05, 4.69) is 0 Å². The highest BCUT2D eigenvalue weighted by atomic mass is 16.8. The molecule has 5 unspecified atom stereocenters. The second-order valence-corrected chi connectivity index (χ2v) is 3.81. The molecule has 12 heavy (non-hydrogen) atoms. The van der Waals surface area contributed by atoms with Gasteiger partial charge in [0.05, 0.1) is 12.0 Å². The first-order valence-corrected chi connectivity index (χ1v) is 4.29.